The van der Waals surface area contributed by atoms with E-state index in [1.54, 1.807) is 0 Å². The third-order valence-corrected chi connectivity index (χ3v) is 5.15. The third kappa shape index (κ3) is 3.78. The fraction of sp³-hybridized carbons (Fsp3) is 0.882. The number of nitrogens with one attached hydrogen (secondary N) is 1. The highest BCUT2D eigenvalue weighted by molar-refractivity contribution is 5.73. The van der Waals surface area contributed by atoms with Crippen molar-refractivity contribution in [1.82, 2.24) is 5.32 Å². The molecule has 2 N–H and O–H groups in total. The maximum Gasteiger partial charge on any atom is 0.310 e. The zero-order valence-electron chi connectivity index (χ0n) is 13.4. The van der Waals surface area contributed by atoms with Crippen molar-refractivity contribution in [2.75, 3.05) is 0 Å². The lowest BCUT2D eigenvalue weighted by atomic mass is 9.73. The second-order valence-electron chi connectivity index (χ2n) is 6.84. The van der Waals surface area contributed by atoms with Crippen LogP contribution in [0, 0.1) is 18.8 Å². The fourth-order valence-electron chi connectivity index (χ4n) is 3.63. The highest BCUT2D eigenvalue weighted by Gasteiger charge is 2.53. The molecule has 2 heterocycles. The van der Waals surface area contributed by atoms with Crippen molar-refractivity contribution >= 4 is 5.97 Å². The lowest BCUT2D eigenvalue weighted by molar-refractivity contribution is -0.213. The smallest absolute Gasteiger partial charge is 0.310 e. The Morgan fingerprint density at radius 1 is 1.48 bits per heavy atom. The summed E-state index contributed by atoms with van der Waals surface area (Å²) in [7, 11) is 0. The van der Waals surface area contributed by atoms with Crippen LogP contribution in [0.1, 0.15) is 65.2 Å². The zero-order chi connectivity index (χ0) is 15.5. The molecule has 0 aromatic carbocycles. The van der Waals surface area contributed by atoms with Crippen LogP contribution >= 0.6 is 0 Å². The van der Waals surface area contributed by atoms with Gasteiger partial charge in [-0.25, -0.2) is 0 Å². The average molecular weight is 296 g/mol. The number of carbonyl (C=O) groups is 1. The summed E-state index contributed by atoms with van der Waals surface area (Å²) in [5.41, 5.74) is -0.870. The normalized spacial score (nSPS) is 36.5. The number of aliphatic hydroxyl groups is 1. The first-order valence-electron chi connectivity index (χ1n) is 8.50. The van der Waals surface area contributed by atoms with Gasteiger partial charge in [0.2, 0.25) is 0 Å². The monoisotopic (exact) mass is 296 g/mol. The highest BCUT2D eigenvalue weighted by Crippen LogP contribution is 2.41. The van der Waals surface area contributed by atoms with Crippen LogP contribution in [0.25, 0.3) is 0 Å². The number of unbranched alkanes of at least 4 members (excludes halogenated alkanes) is 3. The Labute approximate surface area is 128 Å². The van der Waals surface area contributed by atoms with E-state index in [9.17, 15) is 9.90 Å². The van der Waals surface area contributed by atoms with Gasteiger partial charge in [-0.05, 0) is 39.0 Å². The van der Waals surface area contributed by atoms with Crippen molar-refractivity contribution in [2.45, 2.75) is 83.1 Å². The quantitative estimate of drug-likeness (QED) is 0.560. The molecule has 21 heavy (non-hydrogen) atoms. The molecule has 3 aliphatic rings. The van der Waals surface area contributed by atoms with Gasteiger partial charge in [-0.2, -0.15) is 0 Å². The molecule has 2 aliphatic heterocycles. The number of piperidine rings is 2. The molecule has 2 bridgehead atoms. The van der Waals surface area contributed by atoms with Gasteiger partial charge in [0.05, 0.1) is 5.92 Å². The number of fused-ring (bicyclic) bond motifs is 3. The topological polar surface area (TPSA) is 58.6 Å². The van der Waals surface area contributed by atoms with E-state index in [1.165, 1.54) is 12.8 Å². The van der Waals surface area contributed by atoms with Gasteiger partial charge in [-0.15, -0.1) is 0 Å². The van der Waals surface area contributed by atoms with Crippen LogP contribution in [-0.2, 0) is 9.53 Å². The molecule has 4 heteroatoms. The standard InChI is InChI=1S/C17H30NO3/c1-4-5-6-7-8-12(2)16(20)21-17-10-9-14(11-15(17)19)13(3)18-17/h12-15,18-19H,2,4-11H2,1,3H3/t12?,13-,14-,15+,17+/m1/s1. The van der Waals surface area contributed by atoms with Gasteiger partial charge in [0, 0.05) is 12.5 Å². The SMILES string of the molecule is [CH2]C(CCCCCC)C(=O)O[C@@]12CC[C@H](C[C@@H]1O)[C@@H](C)N2. The molecular weight excluding hydrogens is 266 g/mol. The number of aliphatic hydroxyl groups excluding tert-OH is 1. The molecule has 3 fully saturated rings. The van der Waals surface area contributed by atoms with Gasteiger partial charge in [0.25, 0.3) is 0 Å². The van der Waals surface area contributed by atoms with Crippen LogP contribution in [0.15, 0.2) is 0 Å². The summed E-state index contributed by atoms with van der Waals surface area (Å²) >= 11 is 0. The minimum Gasteiger partial charge on any atom is -0.441 e. The van der Waals surface area contributed by atoms with E-state index in [4.69, 9.17) is 4.74 Å². The Bertz CT molecular complexity index is 360. The summed E-state index contributed by atoms with van der Waals surface area (Å²) in [6, 6.07) is 0.294. The number of carbonyl (C=O) groups excluding carboxylic acids is 1. The lowest BCUT2D eigenvalue weighted by Crippen LogP contribution is -2.69. The molecule has 0 aromatic rings. The molecule has 2 saturated heterocycles. The van der Waals surface area contributed by atoms with Crippen molar-refractivity contribution in [1.29, 1.82) is 0 Å². The Kier molecular flexibility index (Phi) is 5.67. The zero-order valence-corrected chi connectivity index (χ0v) is 13.4. The molecule has 1 saturated carbocycles. The predicted octanol–water partition coefficient (Wildman–Crippen LogP) is 2.80. The van der Waals surface area contributed by atoms with Gasteiger partial charge in [0.1, 0.15) is 6.10 Å². The van der Waals surface area contributed by atoms with Gasteiger partial charge in [-0.1, -0.05) is 32.6 Å². The van der Waals surface area contributed by atoms with Crippen molar-refractivity contribution in [3.8, 4) is 0 Å². The maximum atomic E-state index is 12.3. The molecule has 3 rings (SSSR count). The first-order valence-corrected chi connectivity index (χ1v) is 8.50. The summed E-state index contributed by atoms with van der Waals surface area (Å²) in [5, 5.41) is 13.6. The average Bonchev–Trinajstić information content (AvgIpc) is 2.45. The summed E-state index contributed by atoms with van der Waals surface area (Å²) in [6.45, 7) is 8.21. The number of ether oxygens (including phenoxy) is 1. The molecule has 0 spiro atoms. The molecule has 0 amide bonds. The molecule has 0 aromatic heterocycles. The lowest BCUT2D eigenvalue weighted by Gasteiger charge is -2.52. The van der Waals surface area contributed by atoms with Gasteiger partial charge >= 0.3 is 5.97 Å². The third-order valence-electron chi connectivity index (χ3n) is 5.15. The van der Waals surface area contributed by atoms with E-state index in [0.717, 1.165) is 32.1 Å². The minimum atomic E-state index is -0.870. The Morgan fingerprint density at radius 2 is 2.24 bits per heavy atom. The van der Waals surface area contributed by atoms with Gasteiger partial charge < -0.3 is 9.84 Å². The summed E-state index contributed by atoms with van der Waals surface area (Å²) < 4.78 is 5.70. The van der Waals surface area contributed by atoms with Crippen LogP contribution in [0.4, 0.5) is 0 Å². The molecular formula is C17H30NO3. The number of hydrogen-bond acceptors (Lipinski definition) is 4. The number of esters is 1. The van der Waals surface area contributed by atoms with Crippen molar-refractivity contribution in [2.24, 2.45) is 11.8 Å². The van der Waals surface area contributed by atoms with E-state index < -0.39 is 11.8 Å². The summed E-state index contributed by atoms with van der Waals surface area (Å²) in [5.74, 6) is -0.115. The van der Waals surface area contributed by atoms with Gasteiger partial charge in [-0.3, -0.25) is 10.1 Å². The number of hydrogen-bond donors (Lipinski definition) is 2. The van der Waals surface area contributed by atoms with E-state index in [-0.39, 0.29) is 11.9 Å². The van der Waals surface area contributed by atoms with Crippen LogP contribution in [-0.4, -0.2) is 28.9 Å². The summed E-state index contributed by atoms with van der Waals surface area (Å²) in [4.78, 5) is 12.3. The summed E-state index contributed by atoms with van der Waals surface area (Å²) in [6.07, 6.45) is 7.15. The second kappa shape index (κ2) is 7.10. The second-order valence-corrected chi connectivity index (χ2v) is 6.84. The molecule has 5 atom stereocenters. The molecule has 1 radical (unpaired) electrons. The van der Waals surface area contributed by atoms with Crippen molar-refractivity contribution < 1.29 is 14.6 Å². The molecule has 1 aliphatic carbocycles. The predicted molar refractivity (Wildman–Crippen MR) is 82.4 cm³/mol. The first-order chi connectivity index (χ1) is 9.98. The van der Waals surface area contributed by atoms with Crippen LogP contribution in [0.2, 0.25) is 0 Å². The van der Waals surface area contributed by atoms with Gasteiger partial charge in [0.15, 0.2) is 5.72 Å². The van der Waals surface area contributed by atoms with E-state index in [2.05, 4.69) is 26.1 Å². The largest absolute Gasteiger partial charge is 0.441 e. The number of rotatable bonds is 7. The van der Waals surface area contributed by atoms with E-state index in [1.807, 2.05) is 0 Å². The van der Waals surface area contributed by atoms with Crippen molar-refractivity contribution in [3.05, 3.63) is 6.92 Å². The minimum absolute atomic E-state index is 0.273. The first kappa shape index (κ1) is 16.8. The van der Waals surface area contributed by atoms with E-state index in [0.29, 0.717) is 18.4 Å². The van der Waals surface area contributed by atoms with Crippen LogP contribution < -0.4 is 5.32 Å². The molecule has 4 nitrogen and oxygen atoms in total. The van der Waals surface area contributed by atoms with E-state index >= 15 is 0 Å². The maximum absolute atomic E-state index is 12.3. The highest BCUT2D eigenvalue weighted by atomic mass is 16.6. The Morgan fingerprint density at radius 3 is 2.86 bits per heavy atom. The Balaban J connectivity index is 1.85. The molecule has 1 unspecified atom stereocenters. The fourth-order valence-corrected chi connectivity index (χ4v) is 3.63. The van der Waals surface area contributed by atoms with Crippen LogP contribution in [0.5, 0.6) is 0 Å². The van der Waals surface area contributed by atoms with Crippen molar-refractivity contribution in [3.63, 3.8) is 0 Å². The molecule has 121 valence electrons. The van der Waals surface area contributed by atoms with Crippen LogP contribution in [0.3, 0.4) is 0 Å². The Hall–Kier alpha value is -0.610.